The number of likely N-dealkylation sites (N-methyl/N-ethyl adjacent to an activating group) is 1. The standard InChI is InChI=1S/C11H9BrN2O2/c1-14-10(15)6-9(11(14)16)13-8-5-3-2-4-7(8)12/h2-6,13H,1H3. The van der Waals surface area contributed by atoms with Crippen molar-refractivity contribution in [3.05, 3.63) is 40.5 Å². The van der Waals surface area contributed by atoms with Crippen LogP contribution in [0.5, 0.6) is 0 Å². The molecule has 2 amide bonds. The second kappa shape index (κ2) is 4.09. The molecule has 0 fully saturated rings. The predicted molar refractivity (Wildman–Crippen MR) is 63.6 cm³/mol. The molecule has 0 unspecified atom stereocenters. The Kier molecular flexibility index (Phi) is 2.78. The zero-order valence-corrected chi connectivity index (χ0v) is 10.1. The van der Waals surface area contributed by atoms with Gasteiger partial charge in [-0.2, -0.15) is 0 Å². The fourth-order valence-electron chi connectivity index (χ4n) is 1.36. The maximum Gasteiger partial charge on any atom is 0.277 e. The number of halogens is 1. The maximum absolute atomic E-state index is 11.6. The molecule has 0 spiro atoms. The Morgan fingerprint density at radius 1 is 1.25 bits per heavy atom. The highest BCUT2D eigenvalue weighted by Crippen LogP contribution is 2.24. The molecular formula is C11H9BrN2O2. The number of nitrogens with zero attached hydrogens (tertiary/aromatic N) is 1. The van der Waals surface area contributed by atoms with Gasteiger partial charge in [-0.05, 0) is 28.1 Å². The van der Waals surface area contributed by atoms with Crippen LogP contribution in [0.15, 0.2) is 40.5 Å². The van der Waals surface area contributed by atoms with Crippen LogP contribution in [0.2, 0.25) is 0 Å². The van der Waals surface area contributed by atoms with E-state index in [1.807, 2.05) is 24.3 Å². The first kappa shape index (κ1) is 10.9. The lowest BCUT2D eigenvalue weighted by molar-refractivity contribution is -0.135. The summed E-state index contributed by atoms with van der Waals surface area (Å²) in [4.78, 5) is 23.9. The SMILES string of the molecule is CN1C(=O)C=C(Nc2ccccc2Br)C1=O. The first-order chi connectivity index (χ1) is 7.59. The van der Waals surface area contributed by atoms with E-state index in [9.17, 15) is 9.59 Å². The van der Waals surface area contributed by atoms with Gasteiger partial charge in [0.2, 0.25) is 0 Å². The van der Waals surface area contributed by atoms with Gasteiger partial charge in [-0.3, -0.25) is 14.5 Å². The van der Waals surface area contributed by atoms with E-state index < -0.39 is 0 Å². The van der Waals surface area contributed by atoms with E-state index in [2.05, 4.69) is 21.2 Å². The van der Waals surface area contributed by atoms with E-state index in [1.54, 1.807) is 0 Å². The normalized spacial score (nSPS) is 15.4. The van der Waals surface area contributed by atoms with Crippen LogP contribution in [-0.4, -0.2) is 23.8 Å². The molecule has 16 heavy (non-hydrogen) atoms. The Bertz CT molecular complexity index is 497. The van der Waals surface area contributed by atoms with Gasteiger partial charge in [-0.15, -0.1) is 0 Å². The number of nitrogens with one attached hydrogen (secondary N) is 1. The topological polar surface area (TPSA) is 49.4 Å². The van der Waals surface area contributed by atoms with Gasteiger partial charge in [0, 0.05) is 17.6 Å². The Hall–Kier alpha value is -1.62. The average molecular weight is 281 g/mol. The molecule has 4 nitrogen and oxygen atoms in total. The average Bonchev–Trinajstić information content (AvgIpc) is 2.50. The summed E-state index contributed by atoms with van der Waals surface area (Å²) in [5, 5.41) is 2.92. The Labute approximate surface area is 101 Å². The van der Waals surface area contributed by atoms with Gasteiger partial charge in [-0.1, -0.05) is 12.1 Å². The predicted octanol–water partition coefficient (Wildman–Crippen LogP) is 1.74. The highest BCUT2D eigenvalue weighted by atomic mass is 79.9. The molecule has 0 saturated carbocycles. The molecule has 1 N–H and O–H groups in total. The van der Waals surface area contributed by atoms with Crippen LogP contribution in [0.1, 0.15) is 0 Å². The van der Waals surface area contributed by atoms with Crippen LogP contribution in [-0.2, 0) is 9.59 Å². The van der Waals surface area contributed by atoms with E-state index in [4.69, 9.17) is 0 Å². The third kappa shape index (κ3) is 1.86. The lowest BCUT2D eigenvalue weighted by atomic mass is 10.3. The summed E-state index contributed by atoms with van der Waals surface area (Å²) in [6, 6.07) is 7.39. The highest BCUT2D eigenvalue weighted by Gasteiger charge is 2.27. The number of rotatable bonds is 2. The molecule has 1 aliphatic rings. The second-order valence-electron chi connectivity index (χ2n) is 3.37. The Balaban J connectivity index is 2.24. The minimum Gasteiger partial charge on any atom is -0.350 e. The molecule has 5 heteroatoms. The van der Waals surface area contributed by atoms with E-state index in [0.717, 1.165) is 15.1 Å². The summed E-state index contributed by atoms with van der Waals surface area (Å²) in [5.41, 5.74) is 1.05. The van der Waals surface area contributed by atoms with E-state index in [0.29, 0.717) is 5.70 Å². The van der Waals surface area contributed by atoms with Crippen LogP contribution < -0.4 is 5.32 Å². The van der Waals surface area contributed by atoms with Gasteiger partial charge in [0.25, 0.3) is 11.8 Å². The van der Waals surface area contributed by atoms with Gasteiger partial charge in [-0.25, -0.2) is 0 Å². The molecule has 2 rings (SSSR count). The molecule has 1 aliphatic heterocycles. The third-order valence-electron chi connectivity index (χ3n) is 2.28. The first-order valence-electron chi connectivity index (χ1n) is 4.65. The summed E-state index contributed by atoms with van der Waals surface area (Å²) < 4.78 is 0.839. The molecule has 1 aromatic rings. The number of carbonyl (C=O) groups excluding carboxylic acids is 2. The molecule has 0 saturated heterocycles. The number of para-hydroxylation sites is 1. The maximum atomic E-state index is 11.6. The zero-order chi connectivity index (χ0) is 11.7. The molecule has 0 aromatic heterocycles. The van der Waals surface area contributed by atoms with Crippen LogP contribution in [0.25, 0.3) is 0 Å². The minimum absolute atomic E-state index is 0.291. The van der Waals surface area contributed by atoms with Crippen LogP contribution >= 0.6 is 15.9 Å². The molecule has 1 heterocycles. The van der Waals surface area contributed by atoms with Crippen LogP contribution in [0.3, 0.4) is 0 Å². The lowest BCUT2D eigenvalue weighted by Gasteiger charge is -2.09. The van der Waals surface area contributed by atoms with Gasteiger partial charge in [0.1, 0.15) is 5.70 Å². The summed E-state index contributed by atoms with van der Waals surface area (Å²) >= 11 is 3.35. The van der Waals surface area contributed by atoms with Crippen molar-refractivity contribution >= 4 is 33.4 Å². The monoisotopic (exact) mass is 280 g/mol. The third-order valence-corrected chi connectivity index (χ3v) is 2.97. The van der Waals surface area contributed by atoms with Crippen molar-refractivity contribution in [3.63, 3.8) is 0 Å². The van der Waals surface area contributed by atoms with Gasteiger partial charge >= 0.3 is 0 Å². The number of amides is 2. The molecular weight excluding hydrogens is 272 g/mol. The number of hydrogen-bond donors (Lipinski definition) is 1. The highest BCUT2D eigenvalue weighted by molar-refractivity contribution is 9.10. The fraction of sp³-hybridized carbons (Fsp3) is 0.0909. The molecule has 0 bridgehead atoms. The van der Waals surface area contributed by atoms with E-state index in [-0.39, 0.29) is 11.8 Å². The van der Waals surface area contributed by atoms with Crippen molar-refractivity contribution in [2.45, 2.75) is 0 Å². The van der Waals surface area contributed by atoms with Gasteiger partial charge in [0.15, 0.2) is 0 Å². The van der Waals surface area contributed by atoms with E-state index >= 15 is 0 Å². The molecule has 0 radical (unpaired) electrons. The number of anilines is 1. The van der Waals surface area contributed by atoms with Crippen molar-refractivity contribution in [1.29, 1.82) is 0 Å². The Morgan fingerprint density at radius 3 is 2.50 bits per heavy atom. The lowest BCUT2D eigenvalue weighted by Crippen LogP contribution is -2.27. The van der Waals surface area contributed by atoms with Gasteiger partial charge < -0.3 is 5.32 Å². The number of hydrogen-bond acceptors (Lipinski definition) is 3. The van der Waals surface area contributed by atoms with Crippen LogP contribution in [0, 0.1) is 0 Å². The van der Waals surface area contributed by atoms with E-state index in [1.165, 1.54) is 13.1 Å². The second-order valence-corrected chi connectivity index (χ2v) is 4.22. The number of imide groups is 1. The Morgan fingerprint density at radius 2 is 1.94 bits per heavy atom. The fourth-order valence-corrected chi connectivity index (χ4v) is 1.74. The smallest absolute Gasteiger partial charge is 0.277 e. The number of benzene rings is 1. The van der Waals surface area contributed by atoms with Gasteiger partial charge in [0.05, 0.1) is 5.69 Å². The summed E-state index contributed by atoms with van der Waals surface area (Å²) in [6.07, 6.45) is 1.29. The van der Waals surface area contributed by atoms with Crippen LogP contribution in [0.4, 0.5) is 5.69 Å². The quantitative estimate of drug-likeness (QED) is 0.840. The molecule has 0 atom stereocenters. The van der Waals surface area contributed by atoms with Crippen molar-refractivity contribution in [2.75, 3.05) is 12.4 Å². The molecule has 1 aromatic carbocycles. The largest absolute Gasteiger partial charge is 0.350 e. The van der Waals surface area contributed by atoms with Crippen molar-refractivity contribution < 1.29 is 9.59 Å². The zero-order valence-electron chi connectivity index (χ0n) is 8.53. The van der Waals surface area contributed by atoms with Crippen molar-refractivity contribution in [3.8, 4) is 0 Å². The number of carbonyl (C=O) groups is 2. The summed E-state index contributed by atoms with van der Waals surface area (Å²) in [6.45, 7) is 0. The summed E-state index contributed by atoms with van der Waals surface area (Å²) in [7, 11) is 1.45. The van der Waals surface area contributed by atoms with Crippen molar-refractivity contribution in [1.82, 2.24) is 4.90 Å². The first-order valence-corrected chi connectivity index (χ1v) is 5.44. The van der Waals surface area contributed by atoms with Crippen molar-refractivity contribution in [2.24, 2.45) is 0 Å². The minimum atomic E-state index is -0.319. The molecule has 82 valence electrons. The molecule has 0 aliphatic carbocycles. The summed E-state index contributed by atoms with van der Waals surface area (Å²) in [5.74, 6) is -0.625.